The highest BCUT2D eigenvalue weighted by molar-refractivity contribution is 5.81. The Labute approximate surface area is 90.7 Å². The molecule has 1 aromatic carbocycles. The predicted molar refractivity (Wildman–Crippen MR) is 61.5 cm³/mol. The number of carbonyl (C=O) groups excluding carboxylic acids is 1. The molecule has 0 fully saturated rings. The molecule has 0 aliphatic heterocycles. The molecule has 0 saturated heterocycles. The molecule has 0 heterocycles. The lowest BCUT2D eigenvalue weighted by Gasteiger charge is -2.15. The smallest absolute Gasteiger partial charge is 0.239 e. The zero-order valence-electron chi connectivity index (χ0n) is 9.50. The minimum Gasteiger partial charge on any atom is -0.368 e. The Kier molecular flexibility index (Phi) is 3.86. The van der Waals surface area contributed by atoms with Crippen LogP contribution in [0.15, 0.2) is 18.2 Å². The molecular formula is C12H18N2O. The minimum atomic E-state index is -0.380. The number of carbonyl (C=O) groups is 1. The summed E-state index contributed by atoms with van der Waals surface area (Å²) in [7, 11) is 0. The summed E-state index contributed by atoms with van der Waals surface area (Å²) in [5.74, 6) is -0.333. The van der Waals surface area contributed by atoms with Crippen LogP contribution in [0.5, 0.6) is 0 Å². The summed E-state index contributed by atoms with van der Waals surface area (Å²) in [5.41, 5.74) is 8.68. The van der Waals surface area contributed by atoms with Gasteiger partial charge in [0.25, 0.3) is 0 Å². The van der Waals surface area contributed by atoms with Gasteiger partial charge < -0.3 is 11.1 Å². The topological polar surface area (TPSA) is 55.1 Å². The monoisotopic (exact) mass is 206 g/mol. The van der Waals surface area contributed by atoms with Crippen molar-refractivity contribution in [3.63, 3.8) is 0 Å². The number of amides is 1. The van der Waals surface area contributed by atoms with E-state index in [1.165, 1.54) is 11.1 Å². The molecule has 15 heavy (non-hydrogen) atoms. The molecule has 1 amide bonds. The van der Waals surface area contributed by atoms with E-state index < -0.39 is 0 Å². The number of hydrogen-bond donors (Lipinski definition) is 2. The van der Waals surface area contributed by atoms with E-state index in [1.54, 1.807) is 0 Å². The molecule has 0 radical (unpaired) electrons. The second kappa shape index (κ2) is 4.94. The van der Waals surface area contributed by atoms with Crippen molar-refractivity contribution in [2.24, 2.45) is 5.73 Å². The first kappa shape index (κ1) is 11.7. The summed E-state index contributed by atoms with van der Waals surface area (Å²) in [6, 6.07) is 5.58. The molecule has 0 aromatic heterocycles. The molecule has 1 aromatic rings. The van der Waals surface area contributed by atoms with Gasteiger partial charge in [0, 0.05) is 0 Å². The molecular weight excluding hydrogens is 188 g/mol. The quantitative estimate of drug-likeness (QED) is 0.783. The molecule has 1 rings (SSSR count). The van der Waals surface area contributed by atoms with Crippen LogP contribution in [0.1, 0.15) is 29.7 Å². The standard InChI is InChI=1S/C12H18N2O/c1-4-14-11(12(13)15)10-6-5-8(2)9(3)7-10/h5-7,11,14H,4H2,1-3H3,(H2,13,15). The van der Waals surface area contributed by atoms with E-state index >= 15 is 0 Å². The van der Waals surface area contributed by atoms with E-state index in [9.17, 15) is 4.79 Å². The van der Waals surface area contributed by atoms with E-state index in [-0.39, 0.29) is 11.9 Å². The lowest BCUT2D eigenvalue weighted by atomic mass is 10.0. The number of nitrogens with two attached hydrogens (primary N) is 1. The van der Waals surface area contributed by atoms with E-state index in [4.69, 9.17) is 5.73 Å². The number of aryl methyl sites for hydroxylation is 2. The Balaban J connectivity index is 3.01. The van der Waals surface area contributed by atoms with Gasteiger partial charge in [0.05, 0.1) is 0 Å². The summed E-state index contributed by atoms with van der Waals surface area (Å²) < 4.78 is 0. The highest BCUT2D eigenvalue weighted by Gasteiger charge is 2.16. The van der Waals surface area contributed by atoms with Crippen molar-refractivity contribution < 1.29 is 4.79 Å². The van der Waals surface area contributed by atoms with Crippen LogP contribution in [0.3, 0.4) is 0 Å². The van der Waals surface area contributed by atoms with Gasteiger partial charge in [-0.1, -0.05) is 25.1 Å². The summed E-state index contributed by atoms with van der Waals surface area (Å²) in [4.78, 5) is 11.2. The fourth-order valence-electron chi connectivity index (χ4n) is 1.53. The van der Waals surface area contributed by atoms with Crippen LogP contribution in [-0.2, 0) is 4.79 Å². The van der Waals surface area contributed by atoms with Gasteiger partial charge in [0.1, 0.15) is 6.04 Å². The molecule has 3 nitrogen and oxygen atoms in total. The zero-order chi connectivity index (χ0) is 11.4. The van der Waals surface area contributed by atoms with Crippen LogP contribution in [0.4, 0.5) is 0 Å². The third-order valence-electron chi connectivity index (χ3n) is 2.56. The molecule has 0 saturated carbocycles. The molecule has 0 aliphatic rings. The minimum absolute atomic E-state index is 0.333. The first-order valence-electron chi connectivity index (χ1n) is 5.16. The molecule has 1 unspecified atom stereocenters. The lowest BCUT2D eigenvalue weighted by molar-refractivity contribution is -0.120. The van der Waals surface area contributed by atoms with E-state index in [0.717, 1.165) is 12.1 Å². The number of benzene rings is 1. The lowest BCUT2D eigenvalue weighted by Crippen LogP contribution is -2.33. The van der Waals surface area contributed by atoms with Crippen molar-refractivity contribution in [1.29, 1.82) is 0 Å². The van der Waals surface area contributed by atoms with Crippen molar-refractivity contribution in [2.75, 3.05) is 6.54 Å². The van der Waals surface area contributed by atoms with Gasteiger partial charge in [-0.2, -0.15) is 0 Å². The van der Waals surface area contributed by atoms with Crippen LogP contribution in [0.2, 0.25) is 0 Å². The van der Waals surface area contributed by atoms with Gasteiger partial charge in [-0.15, -0.1) is 0 Å². The Morgan fingerprint density at radius 1 is 1.40 bits per heavy atom. The third kappa shape index (κ3) is 2.80. The Morgan fingerprint density at radius 2 is 2.07 bits per heavy atom. The van der Waals surface area contributed by atoms with Gasteiger partial charge >= 0.3 is 0 Å². The summed E-state index contributed by atoms with van der Waals surface area (Å²) in [5, 5.41) is 3.07. The third-order valence-corrected chi connectivity index (χ3v) is 2.56. The molecule has 0 spiro atoms. The SMILES string of the molecule is CCNC(C(N)=O)c1ccc(C)c(C)c1. The average Bonchev–Trinajstić information content (AvgIpc) is 2.18. The normalized spacial score (nSPS) is 12.5. The first-order valence-corrected chi connectivity index (χ1v) is 5.16. The van der Waals surface area contributed by atoms with Crippen molar-refractivity contribution in [2.45, 2.75) is 26.8 Å². The highest BCUT2D eigenvalue weighted by atomic mass is 16.1. The second-order valence-corrected chi connectivity index (χ2v) is 3.74. The maximum absolute atomic E-state index is 11.2. The van der Waals surface area contributed by atoms with Crippen molar-refractivity contribution >= 4 is 5.91 Å². The van der Waals surface area contributed by atoms with Gasteiger partial charge in [0.15, 0.2) is 0 Å². The first-order chi connectivity index (χ1) is 7.06. The van der Waals surface area contributed by atoms with E-state index in [2.05, 4.69) is 5.32 Å². The van der Waals surface area contributed by atoms with Crippen LogP contribution >= 0.6 is 0 Å². The molecule has 0 bridgehead atoms. The maximum atomic E-state index is 11.2. The van der Waals surface area contributed by atoms with Gasteiger partial charge in [-0.25, -0.2) is 0 Å². The Morgan fingerprint density at radius 3 is 2.53 bits per heavy atom. The Hall–Kier alpha value is -1.35. The van der Waals surface area contributed by atoms with Gasteiger partial charge in [-0.3, -0.25) is 4.79 Å². The summed E-state index contributed by atoms with van der Waals surface area (Å²) in [6.07, 6.45) is 0. The van der Waals surface area contributed by atoms with Crippen LogP contribution in [0.25, 0.3) is 0 Å². The van der Waals surface area contributed by atoms with Crippen molar-refractivity contribution in [3.8, 4) is 0 Å². The number of primary amides is 1. The van der Waals surface area contributed by atoms with E-state index in [0.29, 0.717) is 0 Å². The zero-order valence-corrected chi connectivity index (χ0v) is 9.50. The summed E-state index contributed by atoms with van der Waals surface area (Å²) >= 11 is 0. The molecule has 82 valence electrons. The second-order valence-electron chi connectivity index (χ2n) is 3.74. The molecule has 1 atom stereocenters. The van der Waals surface area contributed by atoms with Crippen LogP contribution in [-0.4, -0.2) is 12.5 Å². The number of likely N-dealkylation sites (N-methyl/N-ethyl adjacent to an activating group) is 1. The molecule has 3 N–H and O–H groups in total. The summed E-state index contributed by atoms with van der Waals surface area (Å²) in [6.45, 7) is 6.76. The largest absolute Gasteiger partial charge is 0.368 e. The Bertz CT molecular complexity index is 361. The molecule has 3 heteroatoms. The average molecular weight is 206 g/mol. The number of nitrogens with one attached hydrogen (secondary N) is 1. The van der Waals surface area contributed by atoms with Gasteiger partial charge in [-0.05, 0) is 37.1 Å². The number of hydrogen-bond acceptors (Lipinski definition) is 2. The maximum Gasteiger partial charge on any atom is 0.239 e. The van der Waals surface area contributed by atoms with Crippen molar-refractivity contribution in [1.82, 2.24) is 5.32 Å². The van der Waals surface area contributed by atoms with Crippen molar-refractivity contribution in [3.05, 3.63) is 34.9 Å². The van der Waals surface area contributed by atoms with Crippen LogP contribution in [0, 0.1) is 13.8 Å². The highest BCUT2D eigenvalue weighted by Crippen LogP contribution is 2.16. The fraction of sp³-hybridized carbons (Fsp3) is 0.417. The van der Waals surface area contributed by atoms with E-state index in [1.807, 2.05) is 39.0 Å². The molecule has 0 aliphatic carbocycles. The number of rotatable bonds is 4. The van der Waals surface area contributed by atoms with Crippen LogP contribution < -0.4 is 11.1 Å². The van der Waals surface area contributed by atoms with Gasteiger partial charge in [0.2, 0.25) is 5.91 Å². The fourth-order valence-corrected chi connectivity index (χ4v) is 1.53. The predicted octanol–water partition coefficient (Wildman–Crippen LogP) is 1.44.